The van der Waals surface area contributed by atoms with Crippen molar-refractivity contribution in [3.8, 4) is 0 Å². The van der Waals surface area contributed by atoms with E-state index < -0.39 is 5.54 Å². The molecule has 0 aromatic carbocycles. The molecule has 0 spiro atoms. The molecule has 4 atom stereocenters. The monoisotopic (exact) mass is 254 g/mol. The Labute approximate surface area is 110 Å². The number of hydrogen-bond donors (Lipinski definition) is 1. The molecule has 18 heavy (non-hydrogen) atoms. The molecule has 0 aliphatic carbocycles. The predicted molar refractivity (Wildman–Crippen MR) is 71.2 cm³/mol. The van der Waals surface area contributed by atoms with Gasteiger partial charge in [-0.2, -0.15) is 0 Å². The molecule has 4 unspecified atom stereocenters. The molecular weight excluding hydrogens is 228 g/mol. The average Bonchev–Trinajstić information content (AvgIpc) is 2.97. The summed E-state index contributed by atoms with van der Waals surface area (Å²) in [5.41, 5.74) is -0.395. The number of amides is 1. The first kappa shape index (κ1) is 13.8. The number of nitrogens with one attached hydrogen (secondary N) is 1. The van der Waals surface area contributed by atoms with Gasteiger partial charge >= 0.3 is 0 Å². The van der Waals surface area contributed by atoms with Gasteiger partial charge in [-0.3, -0.25) is 10.1 Å². The maximum absolute atomic E-state index is 12.6. The van der Waals surface area contributed by atoms with Crippen molar-refractivity contribution >= 4 is 5.91 Å². The molecule has 2 fully saturated rings. The second-order valence-electron chi connectivity index (χ2n) is 5.76. The van der Waals surface area contributed by atoms with Gasteiger partial charge in [0, 0.05) is 6.61 Å². The quantitative estimate of drug-likeness (QED) is 0.833. The average molecular weight is 254 g/mol. The van der Waals surface area contributed by atoms with Crippen molar-refractivity contribution in [1.82, 2.24) is 10.2 Å². The van der Waals surface area contributed by atoms with Crippen LogP contribution in [0.15, 0.2) is 0 Å². The number of rotatable bonds is 4. The lowest BCUT2D eigenvalue weighted by molar-refractivity contribution is -0.137. The summed E-state index contributed by atoms with van der Waals surface area (Å²) >= 11 is 0. The minimum absolute atomic E-state index is 0.154. The van der Waals surface area contributed by atoms with Crippen LogP contribution in [0.5, 0.6) is 0 Å². The largest absolute Gasteiger partial charge is 0.376 e. The molecule has 2 saturated heterocycles. The Morgan fingerprint density at radius 2 is 2.28 bits per heavy atom. The van der Waals surface area contributed by atoms with E-state index in [2.05, 4.69) is 26.1 Å². The molecule has 0 saturated carbocycles. The van der Waals surface area contributed by atoms with Gasteiger partial charge in [-0.25, -0.2) is 0 Å². The lowest BCUT2D eigenvalue weighted by Gasteiger charge is -2.33. The van der Waals surface area contributed by atoms with Gasteiger partial charge < -0.3 is 9.64 Å². The minimum Gasteiger partial charge on any atom is -0.376 e. The maximum Gasteiger partial charge on any atom is 0.244 e. The lowest BCUT2D eigenvalue weighted by Crippen LogP contribution is -2.48. The highest BCUT2D eigenvalue weighted by molar-refractivity contribution is 5.88. The second-order valence-corrected chi connectivity index (χ2v) is 5.76. The molecule has 104 valence electrons. The highest BCUT2D eigenvalue weighted by atomic mass is 16.5. The molecule has 4 nitrogen and oxygen atoms in total. The van der Waals surface area contributed by atoms with Crippen LogP contribution < -0.4 is 5.32 Å². The van der Waals surface area contributed by atoms with E-state index in [9.17, 15) is 4.79 Å². The fraction of sp³-hybridized carbons (Fsp3) is 0.929. The van der Waals surface area contributed by atoms with Crippen LogP contribution in [0.3, 0.4) is 0 Å². The maximum atomic E-state index is 12.6. The van der Waals surface area contributed by atoms with Crippen LogP contribution in [-0.2, 0) is 9.53 Å². The molecule has 2 rings (SSSR count). The molecule has 1 N–H and O–H groups in total. The molecule has 0 bridgehead atoms. The Morgan fingerprint density at radius 3 is 2.78 bits per heavy atom. The van der Waals surface area contributed by atoms with E-state index in [0.717, 1.165) is 32.3 Å². The number of carbonyl (C=O) groups is 1. The summed E-state index contributed by atoms with van der Waals surface area (Å²) in [7, 11) is 0. The third kappa shape index (κ3) is 2.16. The van der Waals surface area contributed by atoms with Gasteiger partial charge in [0.25, 0.3) is 0 Å². The third-order valence-electron chi connectivity index (χ3n) is 4.56. The van der Waals surface area contributed by atoms with Crippen LogP contribution >= 0.6 is 0 Å². The number of carbonyl (C=O) groups excluding carboxylic acids is 1. The molecule has 2 heterocycles. The van der Waals surface area contributed by atoms with Gasteiger partial charge in [0.2, 0.25) is 5.91 Å². The smallest absolute Gasteiger partial charge is 0.244 e. The summed E-state index contributed by atoms with van der Waals surface area (Å²) in [6.07, 6.45) is 4.33. The van der Waals surface area contributed by atoms with Crippen LogP contribution in [0.25, 0.3) is 0 Å². The molecule has 0 aromatic heterocycles. The Morgan fingerprint density at radius 1 is 1.56 bits per heavy atom. The van der Waals surface area contributed by atoms with Crippen LogP contribution in [0.1, 0.15) is 53.4 Å². The highest BCUT2D eigenvalue weighted by Gasteiger charge is 2.49. The zero-order valence-electron chi connectivity index (χ0n) is 12.0. The fourth-order valence-electron chi connectivity index (χ4n) is 3.11. The first-order chi connectivity index (χ1) is 8.53. The van der Waals surface area contributed by atoms with E-state index in [1.54, 1.807) is 0 Å². The molecule has 2 aliphatic rings. The van der Waals surface area contributed by atoms with Crippen molar-refractivity contribution < 1.29 is 9.53 Å². The van der Waals surface area contributed by atoms with Gasteiger partial charge in [-0.05, 0) is 39.5 Å². The predicted octanol–water partition coefficient (Wildman–Crippen LogP) is 1.89. The van der Waals surface area contributed by atoms with Gasteiger partial charge in [0.1, 0.15) is 0 Å². The highest BCUT2D eigenvalue weighted by Crippen LogP contribution is 2.30. The van der Waals surface area contributed by atoms with Crippen LogP contribution in [-0.4, -0.2) is 41.3 Å². The summed E-state index contributed by atoms with van der Waals surface area (Å²) in [5, 5.41) is 3.49. The minimum atomic E-state index is -0.395. The first-order valence-corrected chi connectivity index (χ1v) is 7.25. The van der Waals surface area contributed by atoms with Crippen LogP contribution in [0, 0.1) is 0 Å². The lowest BCUT2D eigenvalue weighted by atomic mass is 9.98. The molecule has 0 aromatic rings. The van der Waals surface area contributed by atoms with Crippen molar-refractivity contribution in [1.29, 1.82) is 0 Å². The van der Waals surface area contributed by atoms with Gasteiger partial charge in [-0.15, -0.1) is 0 Å². The first-order valence-electron chi connectivity index (χ1n) is 7.25. The Bertz CT molecular complexity index is 315. The normalized spacial score (nSPS) is 38.4. The Kier molecular flexibility index (Phi) is 3.97. The molecule has 4 heteroatoms. The molecular formula is C14H26N2O2. The van der Waals surface area contributed by atoms with E-state index >= 15 is 0 Å². The van der Waals surface area contributed by atoms with Crippen molar-refractivity contribution in [3.05, 3.63) is 0 Å². The van der Waals surface area contributed by atoms with Crippen molar-refractivity contribution in [2.45, 2.75) is 77.2 Å². The van der Waals surface area contributed by atoms with Crippen molar-refractivity contribution in [2.24, 2.45) is 0 Å². The summed E-state index contributed by atoms with van der Waals surface area (Å²) in [4.78, 5) is 14.7. The van der Waals surface area contributed by atoms with E-state index in [1.807, 2.05) is 11.8 Å². The van der Waals surface area contributed by atoms with Gasteiger partial charge in [-0.1, -0.05) is 13.8 Å². The summed E-state index contributed by atoms with van der Waals surface area (Å²) in [6, 6.07) is 0.172. The summed E-state index contributed by atoms with van der Waals surface area (Å²) < 4.78 is 5.75. The summed E-state index contributed by atoms with van der Waals surface area (Å²) in [6.45, 7) is 9.17. The van der Waals surface area contributed by atoms with Gasteiger partial charge in [0.05, 0.1) is 23.9 Å². The third-order valence-corrected chi connectivity index (χ3v) is 4.56. The second kappa shape index (κ2) is 5.17. The number of hydrogen-bond acceptors (Lipinski definition) is 3. The Balaban J connectivity index is 2.16. The van der Waals surface area contributed by atoms with Crippen molar-refractivity contribution in [3.63, 3.8) is 0 Å². The number of nitrogens with zero attached hydrogens (tertiary/aromatic N) is 1. The van der Waals surface area contributed by atoms with E-state index in [1.165, 1.54) is 0 Å². The SMILES string of the molecule is CCC1NC(C)(CC)C(=O)N1C(C)C1CCCO1. The van der Waals surface area contributed by atoms with Crippen molar-refractivity contribution in [2.75, 3.05) is 6.61 Å². The molecule has 1 amide bonds. The standard InChI is InChI=1S/C14H26N2O2/c1-5-12-15-14(4,6-2)13(17)16(12)10(3)11-8-7-9-18-11/h10-12,15H,5-9H2,1-4H3. The van der Waals surface area contributed by atoms with Crippen LogP contribution in [0.2, 0.25) is 0 Å². The van der Waals surface area contributed by atoms with Crippen LogP contribution in [0.4, 0.5) is 0 Å². The molecule has 2 aliphatic heterocycles. The van der Waals surface area contributed by atoms with Gasteiger partial charge in [0.15, 0.2) is 0 Å². The topological polar surface area (TPSA) is 41.6 Å². The Hall–Kier alpha value is -0.610. The number of ether oxygens (including phenoxy) is 1. The van der Waals surface area contributed by atoms with E-state index in [4.69, 9.17) is 4.74 Å². The molecule has 0 radical (unpaired) electrons. The summed E-state index contributed by atoms with van der Waals surface area (Å²) in [5.74, 6) is 0.236. The zero-order chi connectivity index (χ0) is 13.3. The van der Waals surface area contributed by atoms with E-state index in [-0.39, 0.29) is 24.2 Å². The zero-order valence-corrected chi connectivity index (χ0v) is 12.0. The van der Waals surface area contributed by atoms with E-state index in [0.29, 0.717) is 0 Å². The fourth-order valence-corrected chi connectivity index (χ4v) is 3.11.